The van der Waals surface area contributed by atoms with Crippen LogP contribution in [0.4, 0.5) is 0 Å². The highest BCUT2D eigenvalue weighted by Gasteiger charge is 2.36. The molecular formula is C38H37BN2OSi. The van der Waals surface area contributed by atoms with Crippen LogP contribution < -0.4 is 20.8 Å². The molecule has 43 heavy (non-hydrogen) atoms. The van der Waals surface area contributed by atoms with Gasteiger partial charge in [0.2, 0.25) is 6.71 Å². The molecule has 0 amide bonds. The third kappa shape index (κ3) is 7.14. The molecule has 0 saturated carbocycles. The van der Waals surface area contributed by atoms with Crippen molar-refractivity contribution in [3.8, 4) is 5.75 Å². The fourth-order valence-electron chi connectivity index (χ4n) is 5.67. The first kappa shape index (κ1) is 29.6. The highest BCUT2D eigenvalue weighted by Crippen LogP contribution is 2.33. The van der Waals surface area contributed by atoms with Crippen LogP contribution in [-0.4, -0.2) is 32.4 Å². The Hall–Kier alpha value is -4.87. The third-order valence-electron chi connectivity index (χ3n) is 7.67. The van der Waals surface area contributed by atoms with Gasteiger partial charge in [0.05, 0.1) is 27.6 Å². The molecular weight excluding hydrogens is 539 g/mol. The van der Waals surface area contributed by atoms with Gasteiger partial charge in [-0.1, -0.05) is 150 Å². The number of hydrogen-bond acceptors (Lipinski definition) is 2. The van der Waals surface area contributed by atoms with E-state index in [0.29, 0.717) is 13.3 Å². The van der Waals surface area contributed by atoms with E-state index < -0.39 is 9.52 Å². The van der Waals surface area contributed by atoms with Gasteiger partial charge in [-0.15, -0.1) is 12.6 Å². The van der Waals surface area contributed by atoms with Gasteiger partial charge < -0.3 is 9.30 Å². The van der Waals surface area contributed by atoms with Crippen LogP contribution >= 0.6 is 0 Å². The van der Waals surface area contributed by atoms with Crippen molar-refractivity contribution in [2.24, 2.45) is 0 Å². The number of nitrogens with zero attached hydrogens (tertiary/aromatic N) is 2. The molecule has 5 heteroatoms. The summed E-state index contributed by atoms with van der Waals surface area (Å²) in [6, 6.07) is 51.0. The van der Waals surface area contributed by atoms with E-state index in [1.165, 1.54) is 27.2 Å². The van der Waals surface area contributed by atoms with Crippen LogP contribution in [0.5, 0.6) is 5.75 Å². The monoisotopic (exact) mass is 576 g/mol. The smallest absolute Gasteiger partial charge is 0.233 e. The molecule has 0 bridgehead atoms. The minimum atomic E-state index is -0.865. The van der Waals surface area contributed by atoms with E-state index in [0.717, 1.165) is 5.75 Å². The molecule has 1 aromatic heterocycles. The largest absolute Gasteiger partial charge is 0.494 e. The topological polar surface area (TPSA) is 27.1 Å². The lowest BCUT2D eigenvalue weighted by Gasteiger charge is -2.37. The molecule has 0 saturated heterocycles. The quantitative estimate of drug-likeness (QED) is 0.200. The van der Waals surface area contributed by atoms with Crippen molar-refractivity contribution in [3.63, 3.8) is 0 Å². The Morgan fingerprint density at radius 1 is 0.744 bits per heavy atom. The van der Waals surface area contributed by atoms with Gasteiger partial charge in [0, 0.05) is 12.4 Å². The van der Waals surface area contributed by atoms with Crippen LogP contribution in [-0.2, 0) is 5.16 Å². The van der Waals surface area contributed by atoms with Gasteiger partial charge in [-0.3, -0.25) is 0 Å². The van der Waals surface area contributed by atoms with E-state index in [1.807, 2.05) is 43.6 Å². The van der Waals surface area contributed by atoms with Crippen LogP contribution in [0.1, 0.15) is 18.1 Å². The van der Waals surface area contributed by atoms with E-state index >= 15 is 0 Å². The average molecular weight is 577 g/mol. The van der Waals surface area contributed by atoms with Crippen molar-refractivity contribution in [1.82, 2.24) is 9.55 Å². The highest BCUT2D eigenvalue weighted by atomic mass is 28.2. The summed E-state index contributed by atoms with van der Waals surface area (Å²) in [6.45, 7) is 6.91. The Labute approximate surface area is 258 Å². The lowest BCUT2D eigenvalue weighted by atomic mass is 9.41. The summed E-state index contributed by atoms with van der Waals surface area (Å²) in [5, 5.41) is 1.09. The Morgan fingerprint density at radius 3 is 1.74 bits per heavy atom. The second-order valence-corrected chi connectivity index (χ2v) is 12.5. The minimum absolute atomic E-state index is 0.260. The summed E-state index contributed by atoms with van der Waals surface area (Å²) in [5.41, 5.74) is 5.15. The van der Waals surface area contributed by atoms with Gasteiger partial charge >= 0.3 is 0 Å². The molecule has 0 aliphatic heterocycles. The number of rotatable bonds is 10. The predicted molar refractivity (Wildman–Crippen MR) is 185 cm³/mol. The molecule has 6 aromatic rings. The minimum Gasteiger partial charge on any atom is -0.494 e. The molecule has 0 fully saturated rings. The van der Waals surface area contributed by atoms with Crippen LogP contribution in [0.15, 0.2) is 177 Å². The number of benzene rings is 5. The summed E-state index contributed by atoms with van der Waals surface area (Å²) in [6.07, 6.45) is 5.89. The molecule has 0 atom stereocenters. The van der Waals surface area contributed by atoms with Crippen molar-refractivity contribution in [1.29, 1.82) is 0 Å². The van der Waals surface area contributed by atoms with Crippen molar-refractivity contribution in [3.05, 3.63) is 188 Å². The maximum absolute atomic E-state index is 5.77. The number of hydrogen-bond donors (Lipinski definition) is 0. The Bertz CT molecular complexity index is 1580. The Morgan fingerprint density at radius 2 is 1.28 bits per heavy atom. The lowest BCUT2D eigenvalue weighted by molar-refractivity contribution is 0.340. The fourth-order valence-corrected chi connectivity index (χ4v) is 8.06. The second-order valence-electron chi connectivity index (χ2n) is 10.4. The third-order valence-corrected chi connectivity index (χ3v) is 10.2. The van der Waals surface area contributed by atoms with E-state index in [4.69, 9.17) is 4.74 Å². The molecule has 0 radical (unpaired) electrons. The zero-order valence-electron chi connectivity index (χ0n) is 24.7. The molecule has 0 spiro atoms. The zero-order chi connectivity index (χ0) is 29.7. The molecule has 6 rings (SSSR count). The fraction of sp³-hybridized carbons (Fsp3) is 0.0789. The van der Waals surface area contributed by atoms with Crippen LogP contribution in [0.25, 0.3) is 0 Å². The highest BCUT2D eigenvalue weighted by molar-refractivity contribution is 6.89. The lowest BCUT2D eigenvalue weighted by Crippen LogP contribution is -2.46. The molecule has 3 nitrogen and oxygen atoms in total. The summed E-state index contributed by atoms with van der Waals surface area (Å²) in [4.78, 5) is 4.39. The van der Waals surface area contributed by atoms with Crippen LogP contribution in [0, 0.1) is 0 Å². The number of aromatic nitrogens is 2. The number of imidazole rings is 1. The molecule has 0 aliphatic carbocycles. The van der Waals surface area contributed by atoms with Gasteiger partial charge in [-0.25, -0.2) is 4.98 Å². The normalized spacial score (nSPS) is 11.0. The molecule has 0 N–H and O–H groups in total. The summed E-state index contributed by atoms with van der Waals surface area (Å²) in [5.74, 6) is 2.93. The van der Waals surface area contributed by atoms with Crippen LogP contribution in [0.3, 0.4) is 0 Å². The Balaban J connectivity index is 0.000000207. The molecule has 212 valence electrons. The van der Waals surface area contributed by atoms with Gasteiger partial charge in [-0.2, -0.15) is 0 Å². The van der Waals surface area contributed by atoms with E-state index in [9.17, 15) is 0 Å². The van der Waals surface area contributed by atoms with Gasteiger partial charge in [0.25, 0.3) is 0 Å². The number of ether oxygens (including phenoxy) is 1. The van der Waals surface area contributed by atoms with Crippen molar-refractivity contribution in [2.45, 2.75) is 12.1 Å². The van der Waals surface area contributed by atoms with Gasteiger partial charge in [0.15, 0.2) is 0 Å². The molecule has 0 unspecified atom stereocenters. The first-order valence-corrected chi connectivity index (χ1v) is 16.2. The summed E-state index contributed by atoms with van der Waals surface area (Å²) < 4.78 is 8.04. The van der Waals surface area contributed by atoms with E-state index in [-0.39, 0.29) is 5.16 Å². The SMILES string of the molecule is C=CB(c1ccccc1)c1ccccc1.CCOc1cccc([SiH2]C(c2ccccc2)(c2ccccc2)n2ccnc2)c1. The van der Waals surface area contributed by atoms with E-state index in [2.05, 4.69) is 150 Å². The average Bonchev–Trinajstić information content (AvgIpc) is 3.62. The molecule has 5 aromatic carbocycles. The van der Waals surface area contributed by atoms with Gasteiger partial charge in [-0.05, 0) is 30.2 Å². The van der Waals surface area contributed by atoms with Crippen molar-refractivity contribution >= 4 is 32.3 Å². The van der Waals surface area contributed by atoms with Crippen molar-refractivity contribution in [2.75, 3.05) is 6.61 Å². The second kappa shape index (κ2) is 14.9. The first-order chi connectivity index (χ1) is 21.2. The van der Waals surface area contributed by atoms with Crippen molar-refractivity contribution < 1.29 is 4.74 Å². The maximum Gasteiger partial charge on any atom is 0.233 e. The molecule has 1 heterocycles. The summed E-state index contributed by atoms with van der Waals surface area (Å²) >= 11 is 0. The molecule has 0 aliphatic rings. The standard InChI is InChI=1S/C24H24N2OSi.C14H13B/c1-2-27-22-14-9-15-23(18-22)28-24(26-17-16-25-19-26,20-10-5-3-6-11-20)21-12-7-4-8-13-21;1-2-15(13-9-5-3-6-10-13)14-11-7-4-8-12-14/h3-19H,2,28H2,1H3;2-12H,1H2. The summed E-state index contributed by atoms with van der Waals surface area (Å²) in [7, 11) is -0.865. The maximum atomic E-state index is 5.77. The van der Waals surface area contributed by atoms with Crippen LogP contribution in [0.2, 0.25) is 0 Å². The predicted octanol–water partition coefficient (Wildman–Crippen LogP) is 5.55. The van der Waals surface area contributed by atoms with Gasteiger partial charge in [0.1, 0.15) is 5.75 Å². The first-order valence-electron chi connectivity index (χ1n) is 14.8. The Kier molecular flexibility index (Phi) is 10.2. The zero-order valence-corrected chi connectivity index (χ0v) is 26.1. The van der Waals surface area contributed by atoms with E-state index in [1.54, 1.807) is 0 Å².